The number of hydrogen-bond acceptors (Lipinski definition) is 2. The minimum absolute atomic E-state index is 0.0717. The first kappa shape index (κ1) is 25.0. The highest BCUT2D eigenvalue weighted by molar-refractivity contribution is 4.77. The summed E-state index contributed by atoms with van der Waals surface area (Å²) in [6.07, 6.45) is 27.0. The van der Waals surface area contributed by atoms with Crippen molar-refractivity contribution in [2.45, 2.75) is 147 Å². The van der Waals surface area contributed by atoms with E-state index < -0.39 is 0 Å². The summed E-state index contributed by atoms with van der Waals surface area (Å²) >= 11 is 0. The van der Waals surface area contributed by atoms with Crippen LogP contribution in [0.2, 0.25) is 0 Å². The fourth-order valence-corrected chi connectivity index (χ4v) is 4.63. The lowest BCUT2D eigenvalue weighted by atomic mass is 9.95. The van der Waals surface area contributed by atoms with Gasteiger partial charge in [-0.15, -0.1) is 0 Å². The third kappa shape index (κ3) is 14.6. The van der Waals surface area contributed by atoms with Gasteiger partial charge in [-0.05, 0) is 39.3 Å². The van der Waals surface area contributed by atoms with Gasteiger partial charge >= 0.3 is 0 Å². The highest BCUT2D eigenvalue weighted by Crippen LogP contribution is 2.21. The Balaban J connectivity index is 1.77. The van der Waals surface area contributed by atoms with Crippen molar-refractivity contribution in [2.75, 3.05) is 13.6 Å². The first-order valence-electron chi connectivity index (χ1n) is 12.6. The summed E-state index contributed by atoms with van der Waals surface area (Å²) in [5.74, 6) is 0. The van der Waals surface area contributed by atoms with Crippen LogP contribution in [0.5, 0.6) is 0 Å². The lowest BCUT2D eigenvalue weighted by Gasteiger charge is -2.33. The van der Waals surface area contributed by atoms with Crippen LogP contribution < -0.4 is 0 Å². The third-order valence-electron chi connectivity index (χ3n) is 6.61. The zero-order chi connectivity index (χ0) is 19.6. The lowest BCUT2D eigenvalue weighted by Crippen LogP contribution is -2.38. The van der Waals surface area contributed by atoms with Crippen LogP contribution in [0.4, 0.5) is 0 Å². The van der Waals surface area contributed by atoms with Crippen LogP contribution in [0.15, 0.2) is 0 Å². The molecule has 1 heterocycles. The van der Waals surface area contributed by atoms with Gasteiger partial charge in [-0.1, -0.05) is 110 Å². The average molecular weight is 382 g/mol. The van der Waals surface area contributed by atoms with E-state index in [1.807, 2.05) is 0 Å². The fourth-order valence-electron chi connectivity index (χ4n) is 4.63. The molecule has 0 aromatic carbocycles. The molecule has 27 heavy (non-hydrogen) atoms. The molecule has 1 N–H and O–H groups in total. The second-order valence-electron chi connectivity index (χ2n) is 9.26. The Labute approximate surface area is 171 Å². The van der Waals surface area contributed by atoms with Crippen molar-refractivity contribution in [3.05, 3.63) is 0 Å². The number of unbranched alkanes of at least 4 members (excludes halogenated alkanes) is 14. The SMILES string of the molecule is CCCCCCCCCCCCCCCCC[C@@H](O)C[C@@H]1CCCCN1C. The predicted octanol–water partition coefficient (Wildman–Crippen LogP) is 7.48. The van der Waals surface area contributed by atoms with E-state index in [1.54, 1.807) is 0 Å². The number of hydrogen-bond donors (Lipinski definition) is 1. The van der Waals surface area contributed by atoms with Gasteiger partial charge in [0.05, 0.1) is 6.10 Å². The van der Waals surface area contributed by atoms with Crippen molar-refractivity contribution in [1.82, 2.24) is 4.90 Å². The van der Waals surface area contributed by atoms with E-state index in [9.17, 15) is 5.11 Å². The second kappa shape index (κ2) is 18.0. The van der Waals surface area contributed by atoms with Crippen molar-refractivity contribution >= 4 is 0 Å². The van der Waals surface area contributed by atoms with Crippen molar-refractivity contribution in [3.8, 4) is 0 Å². The molecule has 1 saturated heterocycles. The van der Waals surface area contributed by atoms with Crippen LogP contribution in [0.25, 0.3) is 0 Å². The number of aliphatic hydroxyl groups excluding tert-OH is 1. The first-order chi connectivity index (χ1) is 13.2. The number of aliphatic hydroxyl groups is 1. The largest absolute Gasteiger partial charge is 0.393 e. The van der Waals surface area contributed by atoms with Crippen LogP contribution in [-0.4, -0.2) is 35.7 Å². The van der Waals surface area contributed by atoms with Gasteiger partial charge in [0.1, 0.15) is 0 Å². The van der Waals surface area contributed by atoms with E-state index in [-0.39, 0.29) is 6.10 Å². The molecule has 0 spiro atoms. The first-order valence-corrected chi connectivity index (χ1v) is 12.6. The van der Waals surface area contributed by atoms with E-state index in [0.29, 0.717) is 6.04 Å². The van der Waals surface area contributed by atoms with Gasteiger partial charge in [-0.3, -0.25) is 0 Å². The molecule has 1 fully saturated rings. The van der Waals surface area contributed by atoms with Crippen molar-refractivity contribution in [2.24, 2.45) is 0 Å². The molecule has 0 saturated carbocycles. The fraction of sp³-hybridized carbons (Fsp3) is 1.00. The van der Waals surface area contributed by atoms with Crippen molar-refractivity contribution < 1.29 is 5.11 Å². The topological polar surface area (TPSA) is 23.5 Å². The molecule has 1 aliphatic rings. The molecule has 0 amide bonds. The summed E-state index contributed by atoms with van der Waals surface area (Å²) < 4.78 is 0. The Morgan fingerprint density at radius 1 is 0.741 bits per heavy atom. The standard InChI is InChI=1S/C25H51NO/c1-3-4-5-6-7-8-9-10-11-12-13-14-15-16-17-21-25(27)23-24-20-18-19-22-26(24)2/h24-25,27H,3-23H2,1-2H3/t24-,25+/m0/s1. The second-order valence-corrected chi connectivity index (χ2v) is 9.26. The third-order valence-corrected chi connectivity index (χ3v) is 6.61. The zero-order valence-electron chi connectivity index (χ0n) is 18.9. The number of likely N-dealkylation sites (tertiary alicyclic amines) is 1. The lowest BCUT2D eigenvalue weighted by molar-refractivity contribution is 0.0872. The monoisotopic (exact) mass is 381 g/mol. The van der Waals surface area contributed by atoms with E-state index in [0.717, 1.165) is 12.8 Å². The molecule has 1 aliphatic heterocycles. The maximum Gasteiger partial charge on any atom is 0.0555 e. The molecule has 0 unspecified atom stereocenters. The van der Waals surface area contributed by atoms with Gasteiger partial charge in [0, 0.05) is 6.04 Å². The van der Waals surface area contributed by atoms with Crippen LogP contribution in [-0.2, 0) is 0 Å². The van der Waals surface area contributed by atoms with Crippen molar-refractivity contribution in [1.29, 1.82) is 0 Å². The summed E-state index contributed by atoms with van der Waals surface area (Å²) in [7, 11) is 2.23. The van der Waals surface area contributed by atoms with Crippen LogP contribution in [0.3, 0.4) is 0 Å². The number of rotatable bonds is 18. The smallest absolute Gasteiger partial charge is 0.0555 e. The predicted molar refractivity (Wildman–Crippen MR) is 120 cm³/mol. The van der Waals surface area contributed by atoms with Gasteiger partial charge in [0.25, 0.3) is 0 Å². The molecular formula is C25H51NO. The zero-order valence-corrected chi connectivity index (χ0v) is 18.9. The maximum absolute atomic E-state index is 10.3. The Kier molecular flexibility index (Phi) is 16.6. The minimum atomic E-state index is -0.0717. The van der Waals surface area contributed by atoms with Gasteiger partial charge in [-0.2, -0.15) is 0 Å². The summed E-state index contributed by atoms with van der Waals surface area (Å²) in [6, 6.07) is 0.630. The van der Waals surface area contributed by atoms with Gasteiger partial charge in [0.15, 0.2) is 0 Å². The van der Waals surface area contributed by atoms with Crippen LogP contribution in [0, 0.1) is 0 Å². The highest BCUT2D eigenvalue weighted by Gasteiger charge is 2.21. The normalized spacial score (nSPS) is 19.4. The van der Waals surface area contributed by atoms with Gasteiger partial charge in [0.2, 0.25) is 0 Å². The van der Waals surface area contributed by atoms with E-state index in [4.69, 9.17) is 0 Å². The molecule has 2 atom stereocenters. The van der Waals surface area contributed by atoms with Crippen LogP contribution in [0.1, 0.15) is 135 Å². The van der Waals surface area contributed by atoms with Crippen LogP contribution >= 0.6 is 0 Å². The van der Waals surface area contributed by atoms with E-state index in [2.05, 4.69) is 18.9 Å². The molecule has 2 nitrogen and oxygen atoms in total. The maximum atomic E-state index is 10.3. The molecule has 0 radical (unpaired) electrons. The molecule has 0 aliphatic carbocycles. The molecule has 2 heteroatoms. The molecule has 1 rings (SSSR count). The molecule has 162 valence electrons. The highest BCUT2D eigenvalue weighted by atomic mass is 16.3. The Hall–Kier alpha value is -0.0800. The average Bonchev–Trinajstić information content (AvgIpc) is 2.66. The summed E-state index contributed by atoms with van der Waals surface area (Å²) in [5.41, 5.74) is 0. The minimum Gasteiger partial charge on any atom is -0.393 e. The summed E-state index contributed by atoms with van der Waals surface area (Å²) in [5, 5.41) is 10.3. The number of piperidine rings is 1. The molecular weight excluding hydrogens is 330 g/mol. The Morgan fingerprint density at radius 2 is 1.22 bits per heavy atom. The Morgan fingerprint density at radius 3 is 1.70 bits per heavy atom. The van der Waals surface area contributed by atoms with Gasteiger partial charge < -0.3 is 10.0 Å². The quantitative estimate of drug-likeness (QED) is 0.249. The summed E-state index contributed by atoms with van der Waals surface area (Å²) in [4.78, 5) is 2.46. The number of nitrogens with zero attached hydrogens (tertiary/aromatic N) is 1. The molecule has 0 aromatic rings. The molecule has 0 bridgehead atoms. The molecule has 0 aromatic heterocycles. The Bertz CT molecular complexity index is 307. The van der Waals surface area contributed by atoms with Crippen molar-refractivity contribution in [3.63, 3.8) is 0 Å². The van der Waals surface area contributed by atoms with Gasteiger partial charge in [-0.25, -0.2) is 0 Å². The van der Waals surface area contributed by atoms with E-state index >= 15 is 0 Å². The summed E-state index contributed by atoms with van der Waals surface area (Å²) in [6.45, 7) is 3.51. The van der Waals surface area contributed by atoms with E-state index in [1.165, 1.54) is 122 Å².